The number of rotatable bonds is 3. The van der Waals surface area contributed by atoms with Crippen molar-refractivity contribution < 1.29 is 8.83 Å². The fourth-order valence-electron chi connectivity index (χ4n) is 8.68. The Balaban J connectivity index is 1.08. The number of furan rings is 2. The van der Waals surface area contributed by atoms with E-state index in [1.54, 1.807) is 0 Å². The molecular formula is C48H28N2O2. The summed E-state index contributed by atoms with van der Waals surface area (Å²) < 4.78 is 17.8. The molecule has 0 aliphatic rings. The lowest BCUT2D eigenvalue weighted by atomic mass is 10.0. The molecule has 4 heteroatoms. The first-order valence-corrected chi connectivity index (χ1v) is 17.7. The number of hydrogen-bond donors (Lipinski definition) is 0. The van der Waals surface area contributed by atoms with Crippen molar-refractivity contribution in [1.82, 2.24) is 9.13 Å². The van der Waals surface area contributed by atoms with E-state index in [4.69, 9.17) is 8.83 Å². The maximum Gasteiger partial charge on any atom is 0.159 e. The molecule has 242 valence electrons. The molecule has 12 aromatic rings. The predicted octanol–water partition coefficient (Wildman–Crippen LogP) is 13.3. The molecule has 0 atom stereocenters. The zero-order chi connectivity index (χ0) is 33.9. The van der Waals surface area contributed by atoms with E-state index < -0.39 is 0 Å². The molecule has 0 saturated heterocycles. The predicted molar refractivity (Wildman–Crippen MR) is 215 cm³/mol. The van der Waals surface area contributed by atoms with Gasteiger partial charge in [0.2, 0.25) is 0 Å². The Morgan fingerprint density at radius 1 is 0.327 bits per heavy atom. The number of nitrogens with zero attached hydrogens (tertiary/aromatic N) is 2. The molecule has 4 heterocycles. The SMILES string of the molecule is c1ccc(-n2c3ccccc3c3cc(-c4ccc5c(c4)c4ccccc4n5-c4cccc5c4oc4ccc6oc7ccccc7c6c45)ccc32)cc1. The lowest BCUT2D eigenvalue weighted by Crippen LogP contribution is -1.94. The minimum absolute atomic E-state index is 0.855. The molecule has 0 saturated carbocycles. The fraction of sp³-hybridized carbons (Fsp3) is 0. The van der Waals surface area contributed by atoms with Crippen LogP contribution in [0.3, 0.4) is 0 Å². The summed E-state index contributed by atoms with van der Waals surface area (Å²) in [5.74, 6) is 0. The zero-order valence-corrected chi connectivity index (χ0v) is 27.9. The minimum atomic E-state index is 0.855. The van der Waals surface area contributed by atoms with Crippen molar-refractivity contribution in [3.63, 3.8) is 0 Å². The first-order chi connectivity index (χ1) is 25.8. The van der Waals surface area contributed by atoms with Gasteiger partial charge in [-0.15, -0.1) is 0 Å². The highest BCUT2D eigenvalue weighted by Gasteiger charge is 2.21. The van der Waals surface area contributed by atoms with E-state index in [0.717, 1.165) is 66.3 Å². The second-order valence-electron chi connectivity index (χ2n) is 13.7. The van der Waals surface area contributed by atoms with Gasteiger partial charge < -0.3 is 18.0 Å². The molecular weight excluding hydrogens is 637 g/mol. The Morgan fingerprint density at radius 2 is 0.865 bits per heavy atom. The maximum absolute atomic E-state index is 6.77. The van der Waals surface area contributed by atoms with Gasteiger partial charge in [0.1, 0.15) is 16.7 Å². The molecule has 4 aromatic heterocycles. The van der Waals surface area contributed by atoms with E-state index >= 15 is 0 Å². The molecule has 4 nitrogen and oxygen atoms in total. The van der Waals surface area contributed by atoms with Crippen molar-refractivity contribution in [3.8, 4) is 22.5 Å². The van der Waals surface area contributed by atoms with Crippen molar-refractivity contribution >= 4 is 87.5 Å². The Kier molecular flexibility index (Phi) is 5.47. The summed E-state index contributed by atoms with van der Waals surface area (Å²) in [4.78, 5) is 0. The van der Waals surface area contributed by atoms with E-state index in [1.807, 2.05) is 24.3 Å². The lowest BCUT2D eigenvalue weighted by Gasteiger charge is -2.10. The summed E-state index contributed by atoms with van der Waals surface area (Å²) in [6.07, 6.45) is 0. The smallest absolute Gasteiger partial charge is 0.159 e. The summed E-state index contributed by atoms with van der Waals surface area (Å²) in [6.45, 7) is 0. The number of aromatic nitrogens is 2. The van der Waals surface area contributed by atoms with Crippen LogP contribution in [-0.2, 0) is 0 Å². The van der Waals surface area contributed by atoms with Crippen molar-refractivity contribution in [1.29, 1.82) is 0 Å². The normalized spacial score (nSPS) is 12.2. The van der Waals surface area contributed by atoms with Crippen molar-refractivity contribution in [2.24, 2.45) is 0 Å². The fourth-order valence-corrected chi connectivity index (χ4v) is 8.68. The minimum Gasteiger partial charge on any atom is -0.456 e. The van der Waals surface area contributed by atoms with Gasteiger partial charge in [0.05, 0.1) is 27.8 Å². The van der Waals surface area contributed by atoms with E-state index in [0.29, 0.717) is 0 Å². The van der Waals surface area contributed by atoms with E-state index in [2.05, 4.69) is 155 Å². The van der Waals surface area contributed by atoms with Crippen molar-refractivity contribution in [2.45, 2.75) is 0 Å². The summed E-state index contributed by atoms with van der Waals surface area (Å²) in [7, 11) is 0. The topological polar surface area (TPSA) is 36.1 Å². The van der Waals surface area contributed by atoms with Gasteiger partial charge in [-0.25, -0.2) is 0 Å². The molecule has 0 bridgehead atoms. The highest BCUT2D eigenvalue weighted by molar-refractivity contribution is 6.26. The molecule has 0 aliphatic heterocycles. The molecule has 52 heavy (non-hydrogen) atoms. The molecule has 0 fully saturated rings. The maximum atomic E-state index is 6.77. The average molecular weight is 665 g/mol. The van der Waals surface area contributed by atoms with Crippen LogP contribution >= 0.6 is 0 Å². The quantitative estimate of drug-likeness (QED) is 0.188. The van der Waals surface area contributed by atoms with Gasteiger partial charge in [0, 0.05) is 48.8 Å². The lowest BCUT2D eigenvalue weighted by molar-refractivity contribution is 0.661. The Hall–Kier alpha value is -7.04. The molecule has 0 unspecified atom stereocenters. The summed E-state index contributed by atoms with van der Waals surface area (Å²) in [5, 5.41) is 9.27. The monoisotopic (exact) mass is 664 g/mol. The van der Waals surface area contributed by atoms with E-state index in [9.17, 15) is 0 Å². The number of fused-ring (bicyclic) bond motifs is 13. The van der Waals surface area contributed by atoms with Gasteiger partial charge in [0.25, 0.3) is 0 Å². The van der Waals surface area contributed by atoms with Crippen LogP contribution < -0.4 is 0 Å². The molecule has 0 radical (unpaired) electrons. The standard InChI is InChI=1S/C48H28N2O2/c1-2-11-31(12-3-1)49-38-17-7-4-13-32(38)36-27-29(21-23-40(36)49)30-22-24-41-37(28-30)33-14-5-8-18-39(33)50(41)42-19-10-16-35-47-45(52-48(35)42)26-25-44-46(47)34-15-6-9-20-43(34)51-44/h1-28H. The van der Waals surface area contributed by atoms with Gasteiger partial charge in [-0.2, -0.15) is 0 Å². The highest BCUT2D eigenvalue weighted by atomic mass is 16.3. The molecule has 0 aliphatic carbocycles. The van der Waals surface area contributed by atoms with Crippen molar-refractivity contribution in [3.05, 3.63) is 170 Å². The van der Waals surface area contributed by atoms with Crippen molar-refractivity contribution in [2.75, 3.05) is 0 Å². The number of para-hydroxylation sites is 5. The zero-order valence-electron chi connectivity index (χ0n) is 27.9. The van der Waals surface area contributed by atoms with Crippen LogP contribution in [0.5, 0.6) is 0 Å². The molecule has 0 amide bonds. The van der Waals surface area contributed by atoms with Crippen LogP contribution in [0, 0.1) is 0 Å². The third-order valence-corrected chi connectivity index (χ3v) is 10.9. The van der Waals surface area contributed by atoms with Crippen LogP contribution in [0.4, 0.5) is 0 Å². The summed E-state index contributed by atoms with van der Waals surface area (Å²) in [5.41, 5.74) is 12.7. The highest BCUT2D eigenvalue weighted by Crippen LogP contribution is 2.44. The van der Waals surface area contributed by atoms with Crippen LogP contribution in [0.2, 0.25) is 0 Å². The molecule has 12 rings (SSSR count). The first kappa shape index (κ1) is 27.7. The molecule has 0 spiro atoms. The summed E-state index contributed by atoms with van der Waals surface area (Å²) in [6, 6.07) is 60.6. The largest absolute Gasteiger partial charge is 0.456 e. The Bertz CT molecular complexity index is 3410. The van der Waals surface area contributed by atoms with Crippen LogP contribution in [-0.4, -0.2) is 9.13 Å². The first-order valence-electron chi connectivity index (χ1n) is 17.7. The molecule has 0 N–H and O–H groups in total. The second kappa shape index (κ2) is 10.3. The Morgan fingerprint density at radius 3 is 1.60 bits per heavy atom. The van der Waals surface area contributed by atoms with Gasteiger partial charge in [-0.05, 0) is 83.9 Å². The Labute approximate surface area is 296 Å². The van der Waals surface area contributed by atoms with Crippen LogP contribution in [0.25, 0.3) is 110 Å². The number of hydrogen-bond acceptors (Lipinski definition) is 2. The van der Waals surface area contributed by atoms with Crippen LogP contribution in [0.1, 0.15) is 0 Å². The van der Waals surface area contributed by atoms with Gasteiger partial charge in [-0.1, -0.05) is 97.1 Å². The van der Waals surface area contributed by atoms with E-state index in [1.165, 1.54) is 43.7 Å². The van der Waals surface area contributed by atoms with Gasteiger partial charge >= 0.3 is 0 Å². The van der Waals surface area contributed by atoms with E-state index in [-0.39, 0.29) is 0 Å². The molecule has 8 aromatic carbocycles. The third-order valence-electron chi connectivity index (χ3n) is 10.9. The second-order valence-corrected chi connectivity index (χ2v) is 13.7. The summed E-state index contributed by atoms with van der Waals surface area (Å²) >= 11 is 0. The van der Waals surface area contributed by atoms with Gasteiger partial charge in [0.15, 0.2) is 5.58 Å². The third kappa shape index (κ3) is 3.70. The average Bonchev–Trinajstić information content (AvgIpc) is 3.95. The van der Waals surface area contributed by atoms with Gasteiger partial charge in [-0.3, -0.25) is 0 Å². The number of benzene rings is 8. The van der Waals surface area contributed by atoms with Crippen LogP contribution in [0.15, 0.2) is 179 Å².